The van der Waals surface area contributed by atoms with Crippen molar-refractivity contribution in [3.63, 3.8) is 0 Å². The molecular weight excluding hydrogens is 697 g/mol. The average Bonchev–Trinajstić information content (AvgIpc) is 3.48. The number of aliphatic hydroxyl groups is 1. The predicted octanol–water partition coefficient (Wildman–Crippen LogP) is 9.19. The minimum Gasteiger partial charge on any atom is -0.512 e. The van der Waals surface area contributed by atoms with E-state index in [9.17, 15) is 4.79 Å². The first-order valence-electron chi connectivity index (χ1n) is 12.8. The smallest absolute Gasteiger partial charge is 0.216 e. The molecule has 2 aromatic carbocycles. The van der Waals surface area contributed by atoms with Crippen molar-refractivity contribution in [3.8, 4) is 21.7 Å². The van der Waals surface area contributed by atoms with Crippen LogP contribution < -0.4 is 0 Å². The first-order valence-corrected chi connectivity index (χ1v) is 13.6. The van der Waals surface area contributed by atoms with Crippen molar-refractivity contribution in [2.45, 2.75) is 40.5 Å². The molecule has 0 saturated heterocycles. The third-order valence-electron chi connectivity index (χ3n) is 6.37. The van der Waals surface area contributed by atoms with Crippen LogP contribution in [0.15, 0.2) is 83.1 Å². The maximum Gasteiger partial charge on any atom is 0.216 e. The third-order valence-corrected chi connectivity index (χ3v) is 7.51. The number of pyridine rings is 2. The summed E-state index contributed by atoms with van der Waals surface area (Å²) in [4.78, 5) is 20.6. The van der Waals surface area contributed by atoms with Crippen molar-refractivity contribution in [2.75, 3.05) is 0 Å². The second-order valence-electron chi connectivity index (χ2n) is 9.89. The number of ketones is 1. The van der Waals surface area contributed by atoms with Crippen molar-refractivity contribution in [1.29, 1.82) is 0 Å². The van der Waals surface area contributed by atoms with Crippen LogP contribution in [0.3, 0.4) is 0 Å². The summed E-state index contributed by atoms with van der Waals surface area (Å²) >= 11 is 1.77. The number of fused-ring (bicyclic) bond motifs is 4. The fourth-order valence-corrected chi connectivity index (χ4v) is 5.47. The minimum absolute atomic E-state index is 0. The van der Waals surface area contributed by atoms with Crippen LogP contribution in [-0.4, -0.2) is 20.9 Å². The van der Waals surface area contributed by atoms with Crippen molar-refractivity contribution < 1.29 is 34.4 Å². The quantitative estimate of drug-likeness (QED) is 0.112. The summed E-state index contributed by atoms with van der Waals surface area (Å²) in [6.07, 6.45) is 3.12. The monoisotopic (exact) mass is 726 g/mol. The molecule has 0 atom stereocenters. The summed E-state index contributed by atoms with van der Waals surface area (Å²) in [5, 5.41) is 11.6. The van der Waals surface area contributed by atoms with E-state index in [1.807, 2.05) is 31.3 Å². The summed E-state index contributed by atoms with van der Waals surface area (Å²) in [6, 6.07) is 24.7. The van der Waals surface area contributed by atoms with Gasteiger partial charge in [0.15, 0.2) is 5.78 Å². The van der Waals surface area contributed by atoms with E-state index < -0.39 is 0 Å². The van der Waals surface area contributed by atoms with E-state index in [1.54, 1.807) is 11.3 Å². The number of benzene rings is 2. The number of rotatable bonds is 4. The van der Waals surface area contributed by atoms with Crippen LogP contribution in [0, 0.1) is 13.0 Å². The summed E-state index contributed by atoms with van der Waals surface area (Å²) in [5.41, 5.74) is 6.71. The van der Waals surface area contributed by atoms with E-state index in [1.165, 1.54) is 46.0 Å². The molecule has 7 heteroatoms. The summed E-state index contributed by atoms with van der Waals surface area (Å²) in [6.45, 7) is 9.26. The van der Waals surface area contributed by atoms with Gasteiger partial charge < -0.3 is 14.5 Å². The fourth-order valence-electron chi connectivity index (χ4n) is 4.46. The SMILES string of the molecule is CC(=O)/C=C(/C)O.Cc1ccc2c(n1)oc1c(-c3cc4cc(-c5ccc(C(C)C)cc5)sc4cn3)[c-]ccc12.[Ir]. The molecule has 4 heterocycles. The van der Waals surface area contributed by atoms with Crippen LogP contribution in [0.2, 0.25) is 0 Å². The Hall–Kier alpha value is -3.64. The van der Waals surface area contributed by atoms with Gasteiger partial charge in [0.25, 0.3) is 0 Å². The van der Waals surface area contributed by atoms with Gasteiger partial charge in [-0.2, -0.15) is 0 Å². The number of nitrogens with zero attached hydrogens (tertiary/aromatic N) is 2. The van der Waals surface area contributed by atoms with Gasteiger partial charge in [-0.25, -0.2) is 4.98 Å². The number of aliphatic hydroxyl groups excluding tert-OH is 1. The molecule has 0 aliphatic rings. The molecule has 0 spiro atoms. The van der Waals surface area contributed by atoms with E-state index >= 15 is 0 Å². The molecule has 6 rings (SSSR count). The molecule has 0 aliphatic carbocycles. The molecule has 4 aromatic heterocycles. The van der Waals surface area contributed by atoms with E-state index in [0.717, 1.165) is 33.3 Å². The van der Waals surface area contributed by atoms with Crippen LogP contribution >= 0.6 is 11.3 Å². The molecule has 1 N–H and O–H groups in total. The van der Waals surface area contributed by atoms with E-state index in [0.29, 0.717) is 11.6 Å². The number of carbonyl (C=O) groups is 1. The van der Waals surface area contributed by atoms with Gasteiger partial charge in [0.05, 0.1) is 16.0 Å². The van der Waals surface area contributed by atoms with Crippen LogP contribution in [0.5, 0.6) is 0 Å². The van der Waals surface area contributed by atoms with Gasteiger partial charge in [0, 0.05) is 48.3 Å². The number of thiophene rings is 1. The summed E-state index contributed by atoms with van der Waals surface area (Å²) < 4.78 is 7.33. The Kier molecular flexibility index (Phi) is 8.99. The molecule has 0 amide bonds. The zero-order chi connectivity index (χ0) is 27.7. The van der Waals surface area contributed by atoms with Crippen LogP contribution in [0.25, 0.3) is 53.9 Å². The number of aromatic nitrogens is 2. The number of carbonyl (C=O) groups excluding carboxylic acids is 1. The van der Waals surface area contributed by atoms with Gasteiger partial charge in [-0.3, -0.25) is 4.79 Å². The van der Waals surface area contributed by atoms with Gasteiger partial charge in [-0.05, 0) is 67.1 Å². The molecule has 0 aliphatic heterocycles. The second-order valence-corrected chi connectivity index (χ2v) is 11.0. The molecule has 5 nitrogen and oxygen atoms in total. The standard InChI is InChI=1S/C28H21N2OS.C5H8O2.Ir/c1-16(2)18-8-10-19(11-9-18)25-14-20-13-24(29-15-26(20)32-25)23-6-4-5-21-22-12-7-17(3)30-28(22)31-27(21)23;1-4(6)3-5(2)7;/h4-5,7-16H,1-3H3;3,6H,1-2H3;/q-1;;/b;4-3-;. The Balaban J connectivity index is 0.000000413. The van der Waals surface area contributed by atoms with Crippen molar-refractivity contribution in [2.24, 2.45) is 0 Å². The van der Waals surface area contributed by atoms with E-state index in [-0.39, 0.29) is 31.6 Å². The van der Waals surface area contributed by atoms with E-state index in [2.05, 4.69) is 67.4 Å². The van der Waals surface area contributed by atoms with Crippen LogP contribution in [0.4, 0.5) is 0 Å². The van der Waals surface area contributed by atoms with Gasteiger partial charge in [0.1, 0.15) is 0 Å². The van der Waals surface area contributed by atoms with Crippen molar-refractivity contribution in [1.82, 2.24) is 9.97 Å². The predicted molar refractivity (Wildman–Crippen MR) is 160 cm³/mol. The summed E-state index contributed by atoms with van der Waals surface area (Å²) in [7, 11) is 0. The Morgan fingerprint density at radius 2 is 1.80 bits per heavy atom. The minimum atomic E-state index is -0.125. The van der Waals surface area contributed by atoms with Gasteiger partial charge in [-0.1, -0.05) is 55.1 Å². The maximum atomic E-state index is 10.0. The van der Waals surface area contributed by atoms with Crippen molar-refractivity contribution >= 4 is 49.3 Å². The second kappa shape index (κ2) is 12.3. The van der Waals surface area contributed by atoms with Crippen molar-refractivity contribution in [3.05, 3.63) is 96.0 Å². The van der Waals surface area contributed by atoms with Gasteiger partial charge >= 0.3 is 0 Å². The molecule has 0 bridgehead atoms. The fraction of sp³-hybridized carbons (Fsp3) is 0.182. The maximum absolute atomic E-state index is 10.0. The Morgan fingerprint density at radius 1 is 1.05 bits per heavy atom. The first kappa shape index (κ1) is 29.3. The molecule has 0 fully saturated rings. The Morgan fingerprint density at radius 3 is 2.45 bits per heavy atom. The zero-order valence-electron chi connectivity index (χ0n) is 22.9. The zero-order valence-corrected chi connectivity index (χ0v) is 26.1. The Bertz CT molecular complexity index is 1850. The number of hydrogen-bond acceptors (Lipinski definition) is 6. The molecule has 1 radical (unpaired) electrons. The van der Waals surface area contributed by atoms with Crippen LogP contribution in [-0.2, 0) is 24.9 Å². The molecule has 40 heavy (non-hydrogen) atoms. The number of allylic oxidation sites excluding steroid dienone is 2. The molecule has 6 aromatic rings. The third kappa shape index (κ3) is 6.23. The summed E-state index contributed by atoms with van der Waals surface area (Å²) in [5.74, 6) is 0.474. The largest absolute Gasteiger partial charge is 0.512 e. The normalized spacial score (nSPS) is 11.5. The average molecular weight is 726 g/mol. The number of aryl methyl sites for hydroxylation is 1. The molecule has 205 valence electrons. The van der Waals surface area contributed by atoms with Gasteiger partial charge in [-0.15, -0.1) is 29.5 Å². The number of hydrogen-bond donors (Lipinski definition) is 1. The first-order chi connectivity index (χ1) is 18.7. The molecular formula is C33H29IrN2O3S-. The van der Waals surface area contributed by atoms with Crippen LogP contribution in [0.1, 0.15) is 44.9 Å². The Labute approximate surface area is 250 Å². The van der Waals surface area contributed by atoms with Gasteiger partial charge in [0.2, 0.25) is 5.71 Å². The number of furan rings is 1. The van der Waals surface area contributed by atoms with E-state index in [4.69, 9.17) is 14.5 Å². The molecule has 0 saturated carbocycles. The topological polar surface area (TPSA) is 76.2 Å². The molecule has 0 unspecified atom stereocenters.